The fourth-order valence-corrected chi connectivity index (χ4v) is 4.31. The van der Waals surface area contributed by atoms with Crippen LogP contribution in [-0.2, 0) is 11.3 Å². The van der Waals surface area contributed by atoms with Crippen molar-refractivity contribution in [1.82, 2.24) is 9.80 Å². The molecular weight excluding hydrogens is 517 g/mol. The normalized spacial score (nSPS) is 20.7. The molecule has 2 aliphatic heterocycles. The zero-order valence-electron chi connectivity index (χ0n) is 18.5. The van der Waals surface area contributed by atoms with Crippen LogP contribution < -0.4 is 9.64 Å². The Morgan fingerprint density at radius 2 is 1.61 bits per heavy atom. The molecule has 0 saturated carbocycles. The molecule has 0 spiro atoms. The second-order valence-electron chi connectivity index (χ2n) is 8.28. The molecular formula is C20H22F9N3O4. The minimum Gasteiger partial charge on any atom is -0.465 e. The molecule has 0 aliphatic carbocycles. The maximum atomic E-state index is 13.3. The van der Waals surface area contributed by atoms with E-state index in [9.17, 15) is 49.4 Å². The smallest absolute Gasteiger partial charge is 0.465 e. The lowest BCUT2D eigenvalue weighted by atomic mass is 9.94. The second kappa shape index (κ2) is 10.4. The molecule has 1 atom stereocenters. The molecule has 2 aliphatic rings. The number of piperazine rings is 1. The summed E-state index contributed by atoms with van der Waals surface area (Å²) >= 11 is 0. The number of carboxylic acid groups (broad SMARTS) is 1. The van der Waals surface area contributed by atoms with E-state index in [1.807, 2.05) is 0 Å². The minimum atomic E-state index is -5.80. The number of rotatable bonds is 5. The van der Waals surface area contributed by atoms with Gasteiger partial charge >= 0.3 is 24.8 Å². The van der Waals surface area contributed by atoms with Crippen LogP contribution in [0.15, 0.2) is 18.2 Å². The highest BCUT2D eigenvalue weighted by Crippen LogP contribution is 2.44. The zero-order valence-corrected chi connectivity index (χ0v) is 18.5. The molecule has 1 N–H and O–H groups in total. The number of morpholine rings is 1. The molecule has 2 fully saturated rings. The highest BCUT2D eigenvalue weighted by Gasteiger charge is 2.62. The van der Waals surface area contributed by atoms with Crippen LogP contribution in [0.5, 0.6) is 5.75 Å². The van der Waals surface area contributed by atoms with Crippen LogP contribution >= 0.6 is 0 Å². The van der Waals surface area contributed by atoms with Gasteiger partial charge in [0.1, 0.15) is 5.75 Å². The SMILES string of the molecule is O=C(O)N1CCN(Cc2ccc(N3CCOCC3)cc2OC(F)(F)F)CC1C(C(F)(F)F)C(F)(F)F. The first-order valence-electron chi connectivity index (χ1n) is 10.6. The number of carbonyl (C=O) groups is 1. The first-order chi connectivity index (χ1) is 16.6. The predicted molar refractivity (Wildman–Crippen MR) is 106 cm³/mol. The van der Waals surface area contributed by atoms with Crippen molar-refractivity contribution >= 4 is 11.8 Å². The lowest BCUT2D eigenvalue weighted by molar-refractivity contribution is -0.300. The summed E-state index contributed by atoms with van der Waals surface area (Å²) in [5, 5.41) is 9.21. The van der Waals surface area contributed by atoms with Gasteiger partial charge in [0.05, 0.1) is 19.3 Å². The van der Waals surface area contributed by atoms with Crippen LogP contribution in [0.3, 0.4) is 0 Å². The van der Waals surface area contributed by atoms with Crippen LogP contribution in [0.2, 0.25) is 0 Å². The largest absolute Gasteiger partial charge is 0.573 e. The van der Waals surface area contributed by atoms with Gasteiger partial charge in [-0.3, -0.25) is 4.90 Å². The van der Waals surface area contributed by atoms with Crippen molar-refractivity contribution in [3.63, 3.8) is 0 Å². The Morgan fingerprint density at radius 3 is 2.14 bits per heavy atom. The molecule has 0 aromatic heterocycles. The quantitative estimate of drug-likeness (QED) is 0.563. The van der Waals surface area contributed by atoms with E-state index in [2.05, 4.69) is 4.74 Å². The van der Waals surface area contributed by atoms with Crippen LogP contribution in [-0.4, -0.2) is 91.7 Å². The van der Waals surface area contributed by atoms with Crippen LogP contribution in [0.25, 0.3) is 0 Å². The van der Waals surface area contributed by atoms with Crippen molar-refractivity contribution in [2.24, 2.45) is 5.92 Å². The minimum absolute atomic E-state index is 0.0663. The van der Waals surface area contributed by atoms with E-state index in [-0.39, 0.29) is 17.0 Å². The van der Waals surface area contributed by atoms with Crippen LogP contribution in [0.4, 0.5) is 50.0 Å². The van der Waals surface area contributed by atoms with Crippen LogP contribution in [0.1, 0.15) is 5.56 Å². The molecule has 2 saturated heterocycles. The van der Waals surface area contributed by atoms with Crippen molar-refractivity contribution in [3.05, 3.63) is 23.8 Å². The molecule has 2 heterocycles. The van der Waals surface area contributed by atoms with Gasteiger partial charge in [-0.25, -0.2) is 4.79 Å². The van der Waals surface area contributed by atoms with Crippen molar-refractivity contribution < 1.29 is 58.9 Å². The maximum absolute atomic E-state index is 13.3. The van der Waals surface area contributed by atoms with E-state index in [1.54, 1.807) is 4.90 Å². The Morgan fingerprint density at radius 1 is 1.00 bits per heavy atom. The number of amides is 1. The second-order valence-corrected chi connectivity index (χ2v) is 8.28. The Kier molecular flexibility index (Phi) is 8.07. The van der Waals surface area contributed by atoms with Crippen molar-refractivity contribution in [2.45, 2.75) is 31.3 Å². The Hall–Kier alpha value is -2.62. The van der Waals surface area contributed by atoms with E-state index < -0.39 is 62.2 Å². The number of halogens is 9. The molecule has 1 unspecified atom stereocenters. The fraction of sp³-hybridized carbons (Fsp3) is 0.650. The summed E-state index contributed by atoms with van der Waals surface area (Å²) in [5.41, 5.74) is 0.228. The van der Waals surface area contributed by atoms with Gasteiger partial charge in [0.25, 0.3) is 0 Å². The van der Waals surface area contributed by atoms with Gasteiger partial charge in [0.2, 0.25) is 0 Å². The molecule has 16 heteroatoms. The third kappa shape index (κ3) is 6.99. The Balaban J connectivity index is 1.89. The van der Waals surface area contributed by atoms with Crippen molar-refractivity contribution in [1.29, 1.82) is 0 Å². The molecule has 204 valence electrons. The molecule has 36 heavy (non-hydrogen) atoms. The predicted octanol–water partition coefficient (Wildman–Crippen LogP) is 4.33. The van der Waals surface area contributed by atoms with Gasteiger partial charge in [-0.15, -0.1) is 13.2 Å². The van der Waals surface area contributed by atoms with Crippen molar-refractivity contribution in [2.75, 3.05) is 50.8 Å². The number of ether oxygens (including phenoxy) is 2. The van der Waals surface area contributed by atoms with Gasteiger partial charge < -0.3 is 24.4 Å². The Bertz CT molecular complexity index is 903. The monoisotopic (exact) mass is 539 g/mol. The van der Waals surface area contributed by atoms with E-state index >= 15 is 0 Å². The molecule has 3 rings (SSSR count). The van der Waals surface area contributed by atoms with E-state index in [0.29, 0.717) is 32.0 Å². The molecule has 0 bridgehead atoms. The number of hydrogen-bond donors (Lipinski definition) is 1. The molecule has 1 amide bonds. The third-order valence-electron chi connectivity index (χ3n) is 5.89. The van der Waals surface area contributed by atoms with E-state index in [4.69, 9.17) is 4.74 Å². The summed E-state index contributed by atoms with van der Waals surface area (Å²) in [6.45, 7) is -1.06. The van der Waals surface area contributed by atoms with Gasteiger partial charge in [0.15, 0.2) is 5.92 Å². The first-order valence-corrected chi connectivity index (χ1v) is 10.6. The number of hydrogen-bond acceptors (Lipinski definition) is 5. The lowest BCUT2D eigenvalue weighted by Crippen LogP contribution is -2.62. The van der Waals surface area contributed by atoms with Gasteiger partial charge in [0, 0.05) is 56.6 Å². The summed E-state index contributed by atoms with van der Waals surface area (Å²) in [7, 11) is 0. The number of alkyl halides is 9. The van der Waals surface area contributed by atoms with E-state index in [1.165, 1.54) is 12.1 Å². The zero-order chi connectivity index (χ0) is 26.9. The van der Waals surface area contributed by atoms with Crippen LogP contribution in [0, 0.1) is 5.92 Å². The number of anilines is 1. The summed E-state index contributed by atoms with van der Waals surface area (Å²) in [6.07, 6.45) is -18.7. The Labute approximate surface area is 198 Å². The van der Waals surface area contributed by atoms with Gasteiger partial charge in [-0.2, -0.15) is 26.3 Å². The average Bonchev–Trinajstić information content (AvgIpc) is 2.72. The van der Waals surface area contributed by atoms with Crippen molar-refractivity contribution in [3.8, 4) is 5.75 Å². The summed E-state index contributed by atoms with van der Waals surface area (Å²) in [4.78, 5) is 14.2. The summed E-state index contributed by atoms with van der Waals surface area (Å²) in [5.74, 6) is -4.63. The standard InChI is InChI=1S/C20H22F9N3O4/c21-18(22,23)16(19(24,25)26)14-11-30(3-4-32(14)17(33)34)10-12-1-2-13(31-5-7-35-8-6-31)9-15(12)36-20(27,28)29/h1-2,9,14,16H,3-8,10-11H2,(H,33,34). The average molecular weight is 539 g/mol. The maximum Gasteiger partial charge on any atom is 0.573 e. The molecule has 1 aromatic rings. The number of nitrogens with zero attached hydrogens (tertiary/aromatic N) is 3. The molecule has 0 radical (unpaired) electrons. The van der Waals surface area contributed by atoms with E-state index in [0.717, 1.165) is 11.0 Å². The highest BCUT2D eigenvalue weighted by molar-refractivity contribution is 5.65. The summed E-state index contributed by atoms with van der Waals surface area (Å²) < 4.78 is 129. The van der Waals surface area contributed by atoms with Gasteiger partial charge in [-0.1, -0.05) is 6.07 Å². The molecule has 1 aromatic carbocycles. The first kappa shape index (κ1) is 28.0. The third-order valence-corrected chi connectivity index (χ3v) is 5.89. The lowest BCUT2D eigenvalue weighted by Gasteiger charge is -2.44. The highest BCUT2D eigenvalue weighted by atomic mass is 19.4. The topological polar surface area (TPSA) is 65.5 Å². The fourth-order valence-electron chi connectivity index (χ4n) is 4.31. The number of benzene rings is 1. The van der Waals surface area contributed by atoms with Gasteiger partial charge in [-0.05, 0) is 6.07 Å². The molecule has 7 nitrogen and oxygen atoms in total. The summed E-state index contributed by atoms with van der Waals surface area (Å²) in [6, 6.07) is 1.25.